The molecule has 0 bridgehead atoms. The first-order valence-electron chi connectivity index (χ1n) is 5.65. The van der Waals surface area contributed by atoms with E-state index < -0.39 is 23.1 Å². The molecule has 0 saturated heterocycles. The highest BCUT2D eigenvalue weighted by molar-refractivity contribution is 8.31. The lowest BCUT2D eigenvalue weighted by Crippen LogP contribution is -1.90. The van der Waals surface area contributed by atoms with E-state index in [1.54, 1.807) is 18.2 Å². The van der Waals surface area contributed by atoms with E-state index in [1.165, 1.54) is 0 Å². The van der Waals surface area contributed by atoms with Gasteiger partial charge in [-0.3, -0.25) is 0 Å². The molecule has 0 N–H and O–H groups in total. The van der Waals surface area contributed by atoms with Gasteiger partial charge in [0.15, 0.2) is 0 Å². The van der Waals surface area contributed by atoms with E-state index in [4.69, 9.17) is 53.9 Å². The van der Waals surface area contributed by atoms with Gasteiger partial charge in [-0.05, 0) is 36.4 Å². The van der Waals surface area contributed by atoms with Gasteiger partial charge < -0.3 is 0 Å². The first-order valence-corrected chi connectivity index (χ1v) is 12.2. The Morgan fingerprint density at radius 2 is 1.20 bits per heavy atom. The molecule has 0 atom stereocenters. The fraction of sp³-hybridized carbons (Fsp3) is 0. The molecule has 2 aromatic rings. The Hall–Kier alpha value is 0.01000. The largest absolute Gasteiger partial charge is 0.317 e. The van der Waals surface area contributed by atoms with Crippen LogP contribution in [0.5, 0.6) is 0 Å². The zero-order valence-electron chi connectivity index (χ0n) is 11.6. The zero-order chi connectivity index (χ0) is 19.8. The summed E-state index contributed by atoms with van der Waals surface area (Å²) in [6, 6.07) is 10.0. The molecular formula is C12H7Cl6FO4S2. The van der Waals surface area contributed by atoms with Crippen molar-refractivity contribution in [1.29, 1.82) is 0 Å². The quantitative estimate of drug-likeness (QED) is 0.434. The Kier molecular flexibility index (Phi) is 11.0. The lowest BCUT2D eigenvalue weighted by Gasteiger charge is -1.96. The second-order valence-corrected chi connectivity index (χ2v) is 11.3. The molecule has 0 saturated carbocycles. The molecule has 0 aliphatic heterocycles. The minimum atomic E-state index is -3.82. The molecule has 0 aromatic heterocycles. The normalized spacial score (nSPS) is 10.8. The number of benzene rings is 2. The zero-order valence-corrected chi connectivity index (χ0v) is 17.8. The van der Waals surface area contributed by atoms with Crippen molar-refractivity contribution in [2.24, 2.45) is 0 Å². The van der Waals surface area contributed by atoms with Gasteiger partial charge in [-0.25, -0.2) is 12.8 Å². The molecule has 0 aliphatic rings. The molecule has 25 heavy (non-hydrogen) atoms. The summed E-state index contributed by atoms with van der Waals surface area (Å²) in [7, 11) is 5.97. The summed E-state index contributed by atoms with van der Waals surface area (Å²) in [6.07, 6.45) is 0. The fourth-order valence-corrected chi connectivity index (χ4v) is 2.55. The highest BCUT2D eigenvalue weighted by Gasteiger charge is 2.11. The second kappa shape index (κ2) is 11.0. The molecule has 140 valence electrons. The highest BCUT2D eigenvalue weighted by Crippen LogP contribution is 2.21. The Bertz CT molecular complexity index is 894. The van der Waals surface area contributed by atoms with E-state index in [0.29, 0.717) is 10.0 Å². The van der Waals surface area contributed by atoms with Gasteiger partial charge in [0, 0.05) is 42.1 Å². The van der Waals surface area contributed by atoms with E-state index >= 15 is 0 Å². The van der Waals surface area contributed by atoms with E-state index in [0.717, 1.165) is 18.2 Å². The van der Waals surface area contributed by atoms with Crippen LogP contribution >= 0.6 is 66.8 Å². The molecule has 0 amide bonds. The molecular weight excluding hydrogens is 504 g/mol. The monoisotopic (exact) mass is 508 g/mol. The van der Waals surface area contributed by atoms with Gasteiger partial charge in [-0.1, -0.05) is 40.9 Å². The Morgan fingerprint density at radius 3 is 1.48 bits per heavy atom. The highest BCUT2D eigenvalue weighted by atomic mass is 36.0. The van der Waals surface area contributed by atoms with Crippen LogP contribution in [0.25, 0.3) is 0 Å². The van der Waals surface area contributed by atoms with Gasteiger partial charge in [-0.15, -0.1) is 0 Å². The summed E-state index contributed by atoms with van der Waals surface area (Å²) in [5, 5.41) is 1.09. The molecule has 13 heteroatoms. The van der Waals surface area contributed by atoms with Crippen molar-refractivity contribution in [3.05, 3.63) is 63.3 Å². The summed E-state index contributed by atoms with van der Waals surface area (Å²) < 4.78 is 52.2. The van der Waals surface area contributed by atoms with Crippen LogP contribution in [0.4, 0.5) is 4.39 Å². The smallest absolute Gasteiger partial charge is 0.207 e. The first kappa shape index (κ1) is 25.0. The Labute approximate surface area is 172 Å². The van der Waals surface area contributed by atoms with Gasteiger partial charge in [0.25, 0.3) is 9.05 Å². The standard InChI is InChI=1S/C6H3Cl2FO2S.C6H4Cl2.Cl2O2S/c7-5-3-4(12(8,10)11)1-2-6(5)9;7-5-2-1-3-6(8)4-5;1-5(2,3)4/h1-3H;1-4H;. The third-order valence-corrected chi connectivity index (χ3v) is 4.07. The van der Waals surface area contributed by atoms with Crippen LogP contribution in [0.15, 0.2) is 47.4 Å². The predicted molar refractivity (Wildman–Crippen MR) is 102 cm³/mol. The van der Waals surface area contributed by atoms with Crippen molar-refractivity contribution in [1.82, 2.24) is 0 Å². The molecule has 2 aromatic carbocycles. The van der Waals surface area contributed by atoms with Crippen molar-refractivity contribution in [3.8, 4) is 0 Å². The van der Waals surface area contributed by atoms with E-state index in [2.05, 4.69) is 21.4 Å². The van der Waals surface area contributed by atoms with Crippen LogP contribution in [-0.4, -0.2) is 16.8 Å². The predicted octanol–water partition coefficient (Wildman–Crippen LogP) is 6.11. The topological polar surface area (TPSA) is 68.3 Å². The van der Waals surface area contributed by atoms with Crippen LogP contribution < -0.4 is 0 Å². The summed E-state index contributed by atoms with van der Waals surface area (Å²) in [5.41, 5.74) is 0. The van der Waals surface area contributed by atoms with E-state index in [-0.39, 0.29) is 9.92 Å². The maximum atomic E-state index is 12.5. The first-order chi connectivity index (χ1) is 11.2. The van der Waals surface area contributed by atoms with E-state index in [1.807, 2.05) is 6.07 Å². The van der Waals surface area contributed by atoms with Gasteiger partial charge in [0.05, 0.1) is 9.92 Å². The van der Waals surface area contributed by atoms with Crippen LogP contribution in [-0.2, 0) is 17.3 Å². The summed E-state index contributed by atoms with van der Waals surface area (Å²) >= 11 is 16.4. The Balaban J connectivity index is 0.000000382. The third-order valence-electron chi connectivity index (χ3n) is 1.96. The molecule has 0 heterocycles. The molecule has 0 aliphatic carbocycles. The summed E-state index contributed by atoms with van der Waals surface area (Å²) in [5.74, 6) is -0.680. The van der Waals surface area contributed by atoms with Crippen LogP contribution in [0, 0.1) is 5.82 Å². The Morgan fingerprint density at radius 1 is 0.760 bits per heavy atom. The molecule has 0 unspecified atom stereocenters. The molecule has 0 spiro atoms. The number of rotatable bonds is 1. The van der Waals surface area contributed by atoms with Gasteiger partial charge in [-0.2, -0.15) is 8.42 Å². The minimum absolute atomic E-state index is 0.212. The number of hydrogen-bond donors (Lipinski definition) is 0. The van der Waals surface area contributed by atoms with Crippen LogP contribution in [0.1, 0.15) is 0 Å². The van der Waals surface area contributed by atoms with Crippen molar-refractivity contribution < 1.29 is 21.2 Å². The fourth-order valence-electron chi connectivity index (χ4n) is 1.09. The maximum Gasteiger partial charge on any atom is 0.317 e. The van der Waals surface area contributed by atoms with Crippen molar-refractivity contribution in [2.45, 2.75) is 4.90 Å². The lowest BCUT2D eigenvalue weighted by atomic mass is 10.3. The van der Waals surface area contributed by atoms with Crippen LogP contribution in [0.2, 0.25) is 15.1 Å². The van der Waals surface area contributed by atoms with Crippen molar-refractivity contribution in [2.75, 3.05) is 0 Å². The number of halogens is 7. The molecule has 0 radical (unpaired) electrons. The maximum absolute atomic E-state index is 12.5. The summed E-state index contributed by atoms with van der Waals surface area (Å²) in [6.45, 7) is 0. The SMILES string of the molecule is Clc1cccc(Cl)c1.O=S(=O)(Cl)Cl.O=S(=O)(Cl)c1ccc(F)c(Cl)c1. The van der Waals surface area contributed by atoms with Crippen molar-refractivity contribution >= 4 is 84.2 Å². The molecule has 0 fully saturated rings. The summed E-state index contributed by atoms with van der Waals surface area (Å²) in [4.78, 5) is -0.212. The third kappa shape index (κ3) is 13.8. The average molecular weight is 511 g/mol. The molecule has 4 nitrogen and oxygen atoms in total. The van der Waals surface area contributed by atoms with Gasteiger partial charge in [0.1, 0.15) is 5.82 Å². The average Bonchev–Trinajstić information content (AvgIpc) is 2.39. The van der Waals surface area contributed by atoms with Crippen molar-refractivity contribution in [3.63, 3.8) is 0 Å². The number of hydrogen-bond acceptors (Lipinski definition) is 4. The van der Waals surface area contributed by atoms with Gasteiger partial charge in [0.2, 0.25) is 0 Å². The second-order valence-electron chi connectivity index (χ2n) is 3.83. The van der Waals surface area contributed by atoms with Gasteiger partial charge >= 0.3 is 8.26 Å². The van der Waals surface area contributed by atoms with Crippen LogP contribution in [0.3, 0.4) is 0 Å². The minimum Gasteiger partial charge on any atom is -0.207 e. The lowest BCUT2D eigenvalue weighted by molar-refractivity contribution is 0.607. The van der Waals surface area contributed by atoms with E-state index in [9.17, 15) is 12.8 Å². The molecule has 2 rings (SSSR count).